The van der Waals surface area contributed by atoms with Gasteiger partial charge in [-0.15, -0.1) is 0 Å². The zero-order chi connectivity index (χ0) is 13.1. The maximum Gasteiger partial charge on any atom is 0.312 e. The van der Waals surface area contributed by atoms with Crippen LogP contribution >= 0.6 is 0 Å². The molecule has 0 aromatic heterocycles. The summed E-state index contributed by atoms with van der Waals surface area (Å²) in [6.07, 6.45) is 2.20. The predicted molar refractivity (Wildman–Crippen MR) is 68.9 cm³/mol. The summed E-state index contributed by atoms with van der Waals surface area (Å²) in [6, 6.07) is 0.482. The Kier molecular flexibility index (Phi) is 4.55. The summed E-state index contributed by atoms with van der Waals surface area (Å²) < 4.78 is 4.80. The van der Waals surface area contributed by atoms with Crippen LogP contribution in [0, 0.1) is 5.41 Å². The van der Waals surface area contributed by atoms with Gasteiger partial charge in [0.15, 0.2) is 0 Å². The van der Waals surface area contributed by atoms with Crippen molar-refractivity contribution in [2.45, 2.75) is 52.1 Å². The third kappa shape index (κ3) is 4.28. The Morgan fingerprint density at radius 1 is 1.53 bits per heavy atom. The van der Waals surface area contributed by atoms with Crippen molar-refractivity contribution in [3.8, 4) is 0 Å². The van der Waals surface area contributed by atoms with Crippen molar-refractivity contribution in [1.82, 2.24) is 10.6 Å². The highest BCUT2D eigenvalue weighted by molar-refractivity contribution is 5.76. The topological polar surface area (TPSA) is 50.4 Å². The van der Waals surface area contributed by atoms with E-state index in [1.165, 1.54) is 7.11 Å². The second-order valence-electron chi connectivity index (χ2n) is 6.26. The van der Waals surface area contributed by atoms with Gasteiger partial charge in [-0.3, -0.25) is 4.79 Å². The lowest BCUT2D eigenvalue weighted by molar-refractivity contribution is -0.150. The zero-order valence-electron chi connectivity index (χ0n) is 11.7. The van der Waals surface area contributed by atoms with Crippen molar-refractivity contribution in [2.24, 2.45) is 5.41 Å². The fraction of sp³-hybridized carbons (Fsp3) is 0.923. The molecule has 0 amide bonds. The lowest BCUT2D eigenvalue weighted by atomic mass is 9.87. The van der Waals surface area contributed by atoms with Gasteiger partial charge in [0.05, 0.1) is 12.5 Å². The number of nitrogens with one attached hydrogen (secondary N) is 2. The van der Waals surface area contributed by atoms with E-state index < -0.39 is 5.41 Å². The molecule has 4 heteroatoms. The first-order chi connectivity index (χ1) is 7.77. The summed E-state index contributed by atoms with van der Waals surface area (Å²) in [5.74, 6) is -0.154. The van der Waals surface area contributed by atoms with E-state index in [4.69, 9.17) is 4.74 Å². The number of ether oxygens (including phenoxy) is 1. The van der Waals surface area contributed by atoms with Crippen LogP contribution in [0.15, 0.2) is 0 Å². The molecule has 0 saturated carbocycles. The molecule has 100 valence electrons. The van der Waals surface area contributed by atoms with Gasteiger partial charge >= 0.3 is 5.97 Å². The van der Waals surface area contributed by atoms with Gasteiger partial charge in [-0.2, -0.15) is 0 Å². The fourth-order valence-electron chi connectivity index (χ4n) is 2.30. The highest BCUT2D eigenvalue weighted by atomic mass is 16.5. The number of piperidine rings is 1. The smallest absolute Gasteiger partial charge is 0.312 e. The van der Waals surface area contributed by atoms with E-state index in [1.807, 2.05) is 13.8 Å². The molecule has 1 atom stereocenters. The van der Waals surface area contributed by atoms with Gasteiger partial charge in [-0.05, 0) is 47.1 Å². The molecule has 1 saturated heterocycles. The number of esters is 1. The standard InChI is InChI=1S/C13H26N2O2/c1-12(2,11(16)17-5)9-14-10-6-7-15-13(3,4)8-10/h10,14-15H,6-9H2,1-5H3. The van der Waals surface area contributed by atoms with E-state index in [0.717, 1.165) is 19.4 Å². The first kappa shape index (κ1) is 14.5. The summed E-state index contributed by atoms with van der Waals surface area (Å²) in [4.78, 5) is 11.6. The Labute approximate surface area is 104 Å². The minimum absolute atomic E-state index is 0.154. The number of hydrogen-bond donors (Lipinski definition) is 2. The van der Waals surface area contributed by atoms with Crippen LogP contribution in [0.3, 0.4) is 0 Å². The molecule has 1 rings (SSSR count). The van der Waals surface area contributed by atoms with E-state index in [9.17, 15) is 4.79 Å². The molecule has 2 N–H and O–H groups in total. The predicted octanol–water partition coefficient (Wildman–Crippen LogP) is 1.31. The van der Waals surface area contributed by atoms with Gasteiger partial charge in [-0.1, -0.05) is 0 Å². The van der Waals surface area contributed by atoms with E-state index in [2.05, 4.69) is 24.5 Å². The summed E-state index contributed by atoms with van der Waals surface area (Å²) in [5.41, 5.74) is -0.269. The van der Waals surface area contributed by atoms with Crippen molar-refractivity contribution in [3.63, 3.8) is 0 Å². The molecule has 0 aliphatic carbocycles. The first-order valence-corrected chi connectivity index (χ1v) is 6.34. The zero-order valence-corrected chi connectivity index (χ0v) is 11.7. The quantitative estimate of drug-likeness (QED) is 0.730. The Balaban J connectivity index is 2.43. The number of rotatable bonds is 4. The number of carbonyl (C=O) groups is 1. The van der Waals surface area contributed by atoms with Crippen LogP contribution in [0.1, 0.15) is 40.5 Å². The Hall–Kier alpha value is -0.610. The van der Waals surface area contributed by atoms with E-state index in [0.29, 0.717) is 12.6 Å². The third-order valence-electron chi connectivity index (χ3n) is 3.42. The summed E-state index contributed by atoms with van der Waals surface area (Å²) in [7, 11) is 1.44. The van der Waals surface area contributed by atoms with Gasteiger partial charge in [0.1, 0.15) is 0 Å². The molecule has 0 aromatic carbocycles. The van der Waals surface area contributed by atoms with Crippen LogP contribution < -0.4 is 10.6 Å². The van der Waals surface area contributed by atoms with Gasteiger partial charge in [0.2, 0.25) is 0 Å². The molecule has 0 spiro atoms. The van der Waals surface area contributed by atoms with Crippen LogP contribution in [0.5, 0.6) is 0 Å². The number of methoxy groups -OCH3 is 1. The maximum absolute atomic E-state index is 11.6. The highest BCUT2D eigenvalue weighted by Gasteiger charge is 2.32. The maximum atomic E-state index is 11.6. The minimum Gasteiger partial charge on any atom is -0.469 e. The van der Waals surface area contributed by atoms with Crippen LogP contribution in [-0.4, -0.2) is 37.7 Å². The Bertz CT molecular complexity index is 275. The van der Waals surface area contributed by atoms with Crippen LogP contribution in [-0.2, 0) is 9.53 Å². The summed E-state index contributed by atoms with van der Waals surface area (Å²) >= 11 is 0. The molecule has 4 nitrogen and oxygen atoms in total. The van der Waals surface area contributed by atoms with Crippen molar-refractivity contribution in [3.05, 3.63) is 0 Å². The van der Waals surface area contributed by atoms with Gasteiger partial charge in [-0.25, -0.2) is 0 Å². The molecule has 0 radical (unpaired) electrons. The van der Waals surface area contributed by atoms with Crippen LogP contribution in [0.25, 0.3) is 0 Å². The molecule has 1 fully saturated rings. The van der Waals surface area contributed by atoms with E-state index in [1.54, 1.807) is 0 Å². The van der Waals surface area contributed by atoms with Gasteiger partial charge < -0.3 is 15.4 Å². The summed E-state index contributed by atoms with van der Waals surface area (Å²) in [5, 5.41) is 6.98. The third-order valence-corrected chi connectivity index (χ3v) is 3.42. The highest BCUT2D eigenvalue weighted by Crippen LogP contribution is 2.21. The fourth-order valence-corrected chi connectivity index (χ4v) is 2.30. The van der Waals surface area contributed by atoms with Crippen LogP contribution in [0.4, 0.5) is 0 Å². The molecular weight excluding hydrogens is 216 g/mol. The molecule has 17 heavy (non-hydrogen) atoms. The Morgan fingerprint density at radius 3 is 2.71 bits per heavy atom. The van der Waals surface area contributed by atoms with Crippen molar-refractivity contribution in [2.75, 3.05) is 20.2 Å². The normalized spacial score (nSPS) is 24.4. The average molecular weight is 242 g/mol. The molecule has 0 bridgehead atoms. The average Bonchev–Trinajstić information content (AvgIpc) is 2.24. The van der Waals surface area contributed by atoms with Crippen LogP contribution in [0.2, 0.25) is 0 Å². The van der Waals surface area contributed by atoms with Gasteiger partial charge in [0.25, 0.3) is 0 Å². The van der Waals surface area contributed by atoms with Gasteiger partial charge in [0, 0.05) is 18.1 Å². The van der Waals surface area contributed by atoms with Crippen molar-refractivity contribution < 1.29 is 9.53 Å². The number of carbonyl (C=O) groups excluding carboxylic acids is 1. The molecular formula is C13H26N2O2. The Morgan fingerprint density at radius 2 is 2.18 bits per heavy atom. The molecule has 1 aliphatic heterocycles. The summed E-state index contributed by atoms with van der Waals surface area (Å²) in [6.45, 7) is 9.96. The largest absolute Gasteiger partial charge is 0.469 e. The lowest BCUT2D eigenvalue weighted by Crippen LogP contribution is -2.53. The monoisotopic (exact) mass is 242 g/mol. The SMILES string of the molecule is COC(=O)C(C)(C)CNC1CCNC(C)(C)C1. The van der Waals surface area contributed by atoms with E-state index >= 15 is 0 Å². The number of hydrogen-bond acceptors (Lipinski definition) is 4. The van der Waals surface area contributed by atoms with Crippen molar-refractivity contribution in [1.29, 1.82) is 0 Å². The first-order valence-electron chi connectivity index (χ1n) is 6.34. The van der Waals surface area contributed by atoms with Crippen molar-refractivity contribution >= 4 is 5.97 Å². The molecule has 1 heterocycles. The second kappa shape index (κ2) is 5.36. The second-order valence-corrected chi connectivity index (χ2v) is 6.26. The molecule has 1 unspecified atom stereocenters. The lowest BCUT2D eigenvalue weighted by Gasteiger charge is -2.38. The molecule has 1 aliphatic rings. The van der Waals surface area contributed by atoms with E-state index in [-0.39, 0.29) is 11.5 Å². The minimum atomic E-state index is -0.455. The molecule has 0 aromatic rings.